The van der Waals surface area contributed by atoms with E-state index in [9.17, 15) is 0 Å². The molecule has 1 fully saturated rings. The van der Waals surface area contributed by atoms with Crippen molar-refractivity contribution in [3.63, 3.8) is 0 Å². The maximum absolute atomic E-state index is 5.53. The minimum Gasteiger partial charge on any atom is -0.376 e. The third kappa shape index (κ3) is 7.50. The van der Waals surface area contributed by atoms with Gasteiger partial charge in [0.1, 0.15) is 0 Å². The summed E-state index contributed by atoms with van der Waals surface area (Å²) in [5.74, 6) is 0. The molecule has 1 unspecified atom stereocenters. The van der Waals surface area contributed by atoms with Gasteiger partial charge in [0.15, 0.2) is 0 Å². The molecule has 0 aromatic heterocycles. The second-order valence-electron chi connectivity index (χ2n) is 7.45. The number of ether oxygens (including phenoxy) is 2. The largest absolute Gasteiger partial charge is 0.376 e. The molecule has 1 heterocycles. The Hall–Kier alpha value is -0.860. The van der Waals surface area contributed by atoms with E-state index in [1.165, 1.54) is 75.8 Å². The van der Waals surface area contributed by atoms with Crippen LogP contribution in [0.15, 0.2) is 18.2 Å². The van der Waals surface area contributed by atoms with Crippen LogP contribution in [-0.2, 0) is 15.9 Å². The van der Waals surface area contributed by atoms with Crippen molar-refractivity contribution in [1.82, 2.24) is 0 Å². The van der Waals surface area contributed by atoms with Gasteiger partial charge in [0, 0.05) is 0 Å². The van der Waals surface area contributed by atoms with Crippen molar-refractivity contribution in [1.29, 1.82) is 0 Å². The Morgan fingerprint density at radius 3 is 2.20 bits per heavy atom. The molecule has 3 aliphatic rings. The highest BCUT2D eigenvalue weighted by atomic mass is 16.6. The van der Waals surface area contributed by atoms with Crippen molar-refractivity contribution < 1.29 is 9.47 Å². The number of aryl methyl sites for hydroxylation is 1. The van der Waals surface area contributed by atoms with E-state index >= 15 is 0 Å². The molecule has 0 saturated carbocycles. The molecule has 25 heavy (non-hydrogen) atoms. The van der Waals surface area contributed by atoms with Crippen molar-refractivity contribution in [3.05, 3.63) is 34.2 Å². The Bertz CT molecular complexity index is 546. The summed E-state index contributed by atoms with van der Waals surface area (Å²) in [4.78, 5) is 0. The Morgan fingerprint density at radius 1 is 0.880 bits per heavy atom. The minimum atomic E-state index is 0.385. The van der Waals surface area contributed by atoms with Gasteiger partial charge in [-0.1, -0.05) is 83.4 Å². The number of benzene rings is 1. The number of unbranched alkanes of at least 4 members (excludes halogenated alkanes) is 7. The van der Waals surface area contributed by atoms with Crippen molar-refractivity contribution in [2.75, 3.05) is 19.8 Å². The zero-order chi connectivity index (χ0) is 17.7. The third-order valence-corrected chi connectivity index (χ3v) is 5.23. The standard InChI is InChI=1S/C13H18.C10H20O2/c1-2-3-4-5-6-7-11-10-12-8-9-13(11)12;1-2-3-4-5-6-10-9-11-7-8-12-10/h8-10H,2-7H2,1H3;10H,2-9H2,1H3. The van der Waals surface area contributed by atoms with Gasteiger partial charge >= 0.3 is 0 Å². The topological polar surface area (TPSA) is 18.5 Å². The van der Waals surface area contributed by atoms with Crippen LogP contribution in [0.1, 0.15) is 83.6 Å². The highest BCUT2D eigenvalue weighted by Crippen LogP contribution is 2.18. The van der Waals surface area contributed by atoms with Crippen LogP contribution < -0.4 is 0 Å². The first kappa shape index (κ1) is 20.5. The van der Waals surface area contributed by atoms with E-state index in [1.807, 2.05) is 0 Å². The van der Waals surface area contributed by atoms with Crippen LogP contribution in [-0.4, -0.2) is 25.9 Å². The van der Waals surface area contributed by atoms with E-state index in [4.69, 9.17) is 9.47 Å². The molecule has 142 valence electrons. The first-order valence-electron chi connectivity index (χ1n) is 10.7. The summed E-state index contributed by atoms with van der Waals surface area (Å²) in [6.45, 7) is 6.89. The molecule has 2 heteroatoms. The van der Waals surface area contributed by atoms with Gasteiger partial charge in [-0.15, -0.1) is 0 Å². The number of hydrogen-bond acceptors (Lipinski definition) is 2. The summed E-state index contributed by atoms with van der Waals surface area (Å²) in [6, 6.07) is 6.79. The monoisotopic (exact) mass is 346 g/mol. The predicted octanol–water partition coefficient (Wildman–Crippen LogP) is 6.17. The number of rotatable bonds is 11. The van der Waals surface area contributed by atoms with Crippen LogP contribution in [0, 0.1) is 10.4 Å². The lowest BCUT2D eigenvalue weighted by atomic mass is 9.94. The molecule has 3 rings (SSSR count). The summed E-state index contributed by atoms with van der Waals surface area (Å²) >= 11 is 0. The van der Waals surface area contributed by atoms with Gasteiger partial charge in [0.25, 0.3) is 0 Å². The van der Waals surface area contributed by atoms with E-state index in [1.54, 1.807) is 10.8 Å². The highest BCUT2D eigenvalue weighted by molar-refractivity contribution is 5.33. The Morgan fingerprint density at radius 2 is 1.64 bits per heavy atom. The molecule has 0 amide bonds. The van der Waals surface area contributed by atoms with Gasteiger partial charge in [-0.05, 0) is 35.3 Å². The summed E-state index contributed by atoms with van der Waals surface area (Å²) in [5, 5.41) is 3.04. The molecule has 0 aromatic rings. The van der Waals surface area contributed by atoms with Gasteiger partial charge in [-0.25, -0.2) is 0 Å². The molecular weight excluding hydrogens is 308 g/mol. The average Bonchev–Trinajstić information content (AvgIpc) is 2.63. The molecule has 2 nitrogen and oxygen atoms in total. The van der Waals surface area contributed by atoms with Crippen LogP contribution in [0.2, 0.25) is 0 Å². The van der Waals surface area contributed by atoms with E-state index in [-0.39, 0.29) is 0 Å². The second kappa shape index (κ2) is 12.5. The summed E-state index contributed by atoms with van der Waals surface area (Å²) in [7, 11) is 0. The lowest BCUT2D eigenvalue weighted by Gasteiger charge is -2.22. The summed E-state index contributed by atoms with van der Waals surface area (Å²) < 4.78 is 10.8. The second-order valence-corrected chi connectivity index (χ2v) is 7.45. The Balaban J connectivity index is 0.000000181. The van der Waals surface area contributed by atoms with Gasteiger partial charge in [0.05, 0.1) is 25.9 Å². The van der Waals surface area contributed by atoms with Crippen LogP contribution >= 0.6 is 0 Å². The van der Waals surface area contributed by atoms with E-state index in [0.717, 1.165) is 19.8 Å². The molecule has 0 spiro atoms. The number of hydrogen-bond donors (Lipinski definition) is 0. The molecule has 0 radical (unpaired) electrons. The van der Waals surface area contributed by atoms with E-state index < -0.39 is 0 Å². The normalized spacial score (nSPS) is 17.8. The molecule has 2 aliphatic carbocycles. The zero-order valence-electron chi connectivity index (χ0n) is 16.5. The first-order valence-corrected chi connectivity index (χ1v) is 10.7. The highest BCUT2D eigenvalue weighted by Gasteiger charge is 2.12. The minimum absolute atomic E-state index is 0.385. The Labute approximate surface area is 154 Å². The van der Waals surface area contributed by atoms with Crippen molar-refractivity contribution in [3.8, 4) is 0 Å². The first-order chi connectivity index (χ1) is 12.3. The fraction of sp³-hybridized carbons (Fsp3) is 0.739. The van der Waals surface area contributed by atoms with Crippen LogP contribution in [0.3, 0.4) is 0 Å². The molecule has 1 atom stereocenters. The molecular formula is C23H38O2. The van der Waals surface area contributed by atoms with Gasteiger partial charge in [-0.2, -0.15) is 0 Å². The molecule has 0 aromatic carbocycles. The fourth-order valence-corrected chi connectivity index (χ4v) is 3.50. The van der Waals surface area contributed by atoms with Crippen LogP contribution in [0.4, 0.5) is 0 Å². The maximum Gasteiger partial charge on any atom is 0.0809 e. The van der Waals surface area contributed by atoms with Gasteiger partial charge in [-0.3, -0.25) is 0 Å². The van der Waals surface area contributed by atoms with Crippen molar-refractivity contribution >= 4 is 0 Å². The fourth-order valence-electron chi connectivity index (χ4n) is 3.50. The van der Waals surface area contributed by atoms with E-state index in [0.29, 0.717) is 6.10 Å². The van der Waals surface area contributed by atoms with Crippen LogP contribution in [0.25, 0.3) is 0 Å². The van der Waals surface area contributed by atoms with Crippen molar-refractivity contribution in [2.45, 2.75) is 90.6 Å². The van der Waals surface area contributed by atoms with Crippen molar-refractivity contribution in [2.24, 2.45) is 0 Å². The zero-order valence-corrected chi connectivity index (χ0v) is 16.5. The molecule has 1 saturated heterocycles. The quantitative estimate of drug-likeness (QED) is 0.453. The third-order valence-electron chi connectivity index (χ3n) is 5.23. The smallest absolute Gasteiger partial charge is 0.0809 e. The van der Waals surface area contributed by atoms with E-state index in [2.05, 4.69) is 32.0 Å². The van der Waals surface area contributed by atoms with Gasteiger partial charge < -0.3 is 9.47 Å². The van der Waals surface area contributed by atoms with Gasteiger partial charge in [0.2, 0.25) is 0 Å². The molecule has 0 N–H and O–H groups in total. The molecule has 1 aliphatic heterocycles. The predicted molar refractivity (Wildman–Crippen MR) is 106 cm³/mol. The SMILES string of the molecule is CCCCCCC1COCCO1.CCCCCCCc1cc2ccc1=2. The lowest BCUT2D eigenvalue weighted by Crippen LogP contribution is -2.28. The Kier molecular flexibility index (Phi) is 10.2. The summed E-state index contributed by atoms with van der Waals surface area (Å²) in [6.07, 6.45) is 15.2. The lowest BCUT2D eigenvalue weighted by molar-refractivity contribution is -0.0912. The average molecular weight is 347 g/mol. The molecule has 0 bridgehead atoms. The summed E-state index contributed by atoms with van der Waals surface area (Å²) in [5.41, 5.74) is 1.61. The maximum atomic E-state index is 5.53. The van der Waals surface area contributed by atoms with Crippen LogP contribution in [0.5, 0.6) is 0 Å².